The van der Waals surface area contributed by atoms with Gasteiger partial charge < -0.3 is 19.4 Å². The second-order valence-corrected chi connectivity index (χ2v) is 8.40. The molecule has 0 unspecified atom stereocenters. The van der Waals surface area contributed by atoms with Gasteiger partial charge >= 0.3 is 0 Å². The molecule has 0 saturated carbocycles. The van der Waals surface area contributed by atoms with Crippen molar-refractivity contribution in [1.29, 1.82) is 0 Å². The summed E-state index contributed by atoms with van der Waals surface area (Å²) in [6, 6.07) is 17.7. The third-order valence-corrected chi connectivity index (χ3v) is 6.15. The molecule has 1 saturated heterocycles. The number of carbonyl (C=O) groups is 1. The van der Waals surface area contributed by atoms with Gasteiger partial charge in [0, 0.05) is 31.1 Å². The van der Waals surface area contributed by atoms with E-state index in [-0.39, 0.29) is 11.8 Å². The standard InChI is InChI=1S/C26H27N5O3/c1-33-21-9-5-6-18(16-21)10-13-27-23(32)19-11-14-31(15-12-19)26-28-17-22-25(30-26)34-24(29-22)20-7-3-2-4-8-20/h2-9,16-17,19H,10-15H2,1H3,(H,27,32). The van der Waals surface area contributed by atoms with E-state index < -0.39 is 0 Å². The van der Waals surface area contributed by atoms with Crippen molar-refractivity contribution in [3.8, 4) is 17.2 Å². The molecule has 0 bridgehead atoms. The summed E-state index contributed by atoms with van der Waals surface area (Å²) in [4.78, 5) is 28.3. The lowest BCUT2D eigenvalue weighted by Gasteiger charge is -2.31. The van der Waals surface area contributed by atoms with E-state index in [9.17, 15) is 4.79 Å². The van der Waals surface area contributed by atoms with Crippen LogP contribution in [0.4, 0.5) is 5.95 Å². The van der Waals surface area contributed by atoms with Crippen LogP contribution in [-0.4, -0.2) is 47.6 Å². The zero-order valence-corrected chi connectivity index (χ0v) is 19.1. The Kier molecular flexibility index (Phi) is 6.38. The van der Waals surface area contributed by atoms with Crippen molar-refractivity contribution in [3.63, 3.8) is 0 Å². The molecule has 174 valence electrons. The molecule has 8 heteroatoms. The van der Waals surface area contributed by atoms with Gasteiger partial charge in [0.1, 0.15) is 11.3 Å². The fourth-order valence-electron chi connectivity index (χ4n) is 4.23. The van der Waals surface area contributed by atoms with Crippen molar-refractivity contribution in [2.75, 3.05) is 31.6 Å². The molecule has 0 radical (unpaired) electrons. The average molecular weight is 458 g/mol. The van der Waals surface area contributed by atoms with E-state index in [1.165, 1.54) is 0 Å². The number of fused-ring (bicyclic) bond motifs is 1. The number of aromatic nitrogens is 3. The van der Waals surface area contributed by atoms with Gasteiger partial charge in [-0.2, -0.15) is 4.98 Å². The highest BCUT2D eigenvalue weighted by molar-refractivity contribution is 5.79. The number of rotatable bonds is 7. The number of methoxy groups -OCH3 is 1. The van der Waals surface area contributed by atoms with Crippen molar-refractivity contribution < 1.29 is 13.9 Å². The summed E-state index contributed by atoms with van der Waals surface area (Å²) in [5, 5.41) is 3.08. The number of anilines is 1. The van der Waals surface area contributed by atoms with Gasteiger partial charge in [-0.05, 0) is 49.1 Å². The van der Waals surface area contributed by atoms with Crippen LogP contribution in [-0.2, 0) is 11.2 Å². The van der Waals surface area contributed by atoms with Crippen molar-refractivity contribution in [1.82, 2.24) is 20.3 Å². The molecule has 1 N–H and O–H groups in total. The number of amides is 1. The number of ether oxygens (including phenoxy) is 1. The Hall–Kier alpha value is -3.94. The number of hydrogen-bond acceptors (Lipinski definition) is 7. The van der Waals surface area contributed by atoms with Crippen LogP contribution in [0, 0.1) is 5.92 Å². The second kappa shape index (κ2) is 9.91. The number of oxazole rings is 1. The predicted octanol–water partition coefficient (Wildman–Crippen LogP) is 3.87. The minimum atomic E-state index is 0.000235. The minimum absolute atomic E-state index is 0.000235. The van der Waals surface area contributed by atoms with Gasteiger partial charge in [0.15, 0.2) is 0 Å². The average Bonchev–Trinajstić information content (AvgIpc) is 3.33. The van der Waals surface area contributed by atoms with E-state index in [1.54, 1.807) is 13.3 Å². The number of hydrogen-bond donors (Lipinski definition) is 1. The smallest absolute Gasteiger partial charge is 0.252 e. The normalized spacial score (nSPS) is 14.3. The number of nitrogens with one attached hydrogen (secondary N) is 1. The molecular weight excluding hydrogens is 430 g/mol. The summed E-state index contributed by atoms with van der Waals surface area (Å²) in [6.45, 7) is 2.06. The van der Waals surface area contributed by atoms with Gasteiger partial charge in [-0.25, -0.2) is 9.97 Å². The summed E-state index contributed by atoms with van der Waals surface area (Å²) < 4.78 is 11.1. The highest BCUT2D eigenvalue weighted by Gasteiger charge is 2.26. The van der Waals surface area contributed by atoms with Crippen molar-refractivity contribution >= 4 is 23.1 Å². The van der Waals surface area contributed by atoms with Gasteiger partial charge in [0.05, 0.1) is 13.3 Å². The molecule has 0 spiro atoms. The topological polar surface area (TPSA) is 93.4 Å². The third-order valence-electron chi connectivity index (χ3n) is 6.15. The van der Waals surface area contributed by atoms with E-state index in [0.29, 0.717) is 29.6 Å². The first-order valence-electron chi connectivity index (χ1n) is 11.5. The zero-order valence-electron chi connectivity index (χ0n) is 19.1. The molecule has 8 nitrogen and oxygen atoms in total. The van der Waals surface area contributed by atoms with E-state index in [1.807, 2.05) is 54.6 Å². The lowest BCUT2D eigenvalue weighted by atomic mass is 9.96. The fraction of sp³-hybridized carbons (Fsp3) is 0.308. The summed E-state index contributed by atoms with van der Waals surface area (Å²) in [7, 11) is 1.66. The van der Waals surface area contributed by atoms with E-state index in [2.05, 4.69) is 25.2 Å². The Morgan fingerprint density at radius 2 is 1.94 bits per heavy atom. The molecule has 2 aromatic carbocycles. The maximum absolute atomic E-state index is 12.7. The van der Waals surface area contributed by atoms with Crippen molar-refractivity contribution in [3.05, 3.63) is 66.4 Å². The third kappa shape index (κ3) is 4.85. The highest BCUT2D eigenvalue weighted by Crippen LogP contribution is 2.26. The van der Waals surface area contributed by atoms with E-state index in [0.717, 1.165) is 49.2 Å². The van der Waals surface area contributed by atoms with Crippen LogP contribution in [0.15, 0.2) is 65.2 Å². The number of benzene rings is 2. The maximum Gasteiger partial charge on any atom is 0.252 e. The second-order valence-electron chi connectivity index (χ2n) is 8.40. The monoisotopic (exact) mass is 457 g/mol. The number of piperidine rings is 1. The Labute approximate surface area is 198 Å². The Balaban J connectivity index is 1.15. The fourth-order valence-corrected chi connectivity index (χ4v) is 4.23. The lowest BCUT2D eigenvalue weighted by Crippen LogP contribution is -2.41. The molecule has 2 aromatic heterocycles. The molecule has 34 heavy (non-hydrogen) atoms. The maximum atomic E-state index is 12.7. The minimum Gasteiger partial charge on any atom is -0.497 e. The molecule has 5 rings (SSSR count). The first-order valence-corrected chi connectivity index (χ1v) is 11.5. The van der Waals surface area contributed by atoms with Gasteiger partial charge in [-0.15, -0.1) is 0 Å². The quantitative estimate of drug-likeness (QED) is 0.450. The first kappa shape index (κ1) is 21.9. The number of carbonyl (C=O) groups excluding carboxylic acids is 1. The van der Waals surface area contributed by atoms with Crippen LogP contribution >= 0.6 is 0 Å². The Bertz CT molecular complexity index is 1270. The van der Waals surface area contributed by atoms with Gasteiger partial charge in [-0.3, -0.25) is 4.79 Å². The van der Waals surface area contributed by atoms with Gasteiger partial charge in [0.2, 0.25) is 17.7 Å². The molecule has 1 amide bonds. The molecule has 0 aliphatic carbocycles. The lowest BCUT2D eigenvalue weighted by molar-refractivity contribution is -0.125. The molecule has 4 aromatic rings. The van der Waals surface area contributed by atoms with E-state index in [4.69, 9.17) is 9.15 Å². The highest BCUT2D eigenvalue weighted by atomic mass is 16.5. The molecule has 1 aliphatic rings. The Morgan fingerprint density at radius 1 is 1.12 bits per heavy atom. The van der Waals surface area contributed by atoms with Crippen LogP contribution in [0.3, 0.4) is 0 Å². The predicted molar refractivity (Wildman–Crippen MR) is 130 cm³/mol. The largest absolute Gasteiger partial charge is 0.497 e. The molecule has 3 heterocycles. The number of nitrogens with zero attached hydrogens (tertiary/aromatic N) is 4. The van der Waals surface area contributed by atoms with Crippen LogP contribution in [0.5, 0.6) is 5.75 Å². The summed E-state index contributed by atoms with van der Waals surface area (Å²) in [6.07, 6.45) is 4.00. The van der Waals surface area contributed by atoms with Crippen LogP contribution in [0.25, 0.3) is 22.7 Å². The van der Waals surface area contributed by atoms with Crippen LogP contribution in [0.2, 0.25) is 0 Å². The molecule has 0 atom stereocenters. The molecule has 1 fully saturated rings. The van der Waals surface area contributed by atoms with Crippen LogP contribution < -0.4 is 15.0 Å². The molecular formula is C26H27N5O3. The first-order chi connectivity index (χ1) is 16.7. The van der Waals surface area contributed by atoms with Crippen molar-refractivity contribution in [2.24, 2.45) is 5.92 Å². The van der Waals surface area contributed by atoms with E-state index >= 15 is 0 Å². The summed E-state index contributed by atoms with van der Waals surface area (Å²) in [5.41, 5.74) is 3.15. The van der Waals surface area contributed by atoms with Gasteiger partial charge in [-0.1, -0.05) is 30.3 Å². The van der Waals surface area contributed by atoms with Crippen molar-refractivity contribution in [2.45, 2.75) is 19.3 Å². The molecule has 1 aliphatic heterocycles. The van der Waals surface area contributed by atoms with Gasteiger partial charge in [0.25, 0.3) is 5.71 Å². The summed E-state index contributed by atoms with van der Waals surface area (Å²) >= 11 is 0. The summed E-state index contributed by atoms with van der Waals surface area (Å²) in [5.74, 6) is 2.09. The van der Waals surface area contributed by atoms with Crippen LogP contribution in [0.1, 0.15) is 18.4 Å². The Morgan fingerprint density at radius 3 is 2.74 bits per heavy atom. The zero-order chi connectivity index (χ0) is 23.3. The SMILES string of the molecule is COc1cccc(CCNC(=O)C2CCN(c3ncc4nc(-c5ccccc5)oc4n3)CC2)c1.